The molecule has 0 unspecified atom stereocenters. The van der Waals surface area contributed by atoms with Crippen LogP contribution in [0.2, 0.25) is 0 Å². The van der Waals surface area contributed by atoms with Gasteiger partial charge in [-0.1, -0.05) is 72.7 Å². The van der Waals surface area contributed by atoms with Crippen LogP contribution in [0.25, 0.3) is 10.6 Å². The SMILES string of the molecule is CCCCN(CCC(=O)Nc1nnc(-c2ccc(C)cc2)s1)C(=O)CSc1ccccc1. The molecule has 1 aromatic heterocycles. The van der Waals surface area contributed by atoms with Gasteiger partial charge in [-0.15, -0.1) is 22.0 Å². The van der Waals surface area contributed by atoms with Gasteiger partial charge in [0.2, 0.25) is 16.9 Å². The van der Waals surface area contributed by atoms with Gasteiger partial charge in [0.05, 0.1) is 5.75 Å². The van der Waals surface area contributed by atoms with Crippen molar-refractivity contribution in [2.45, 2.75) is 38.0 Å². The minimum Gasteiger partial charge on any atom is -0.341 e. The first-order chi connectivity index (χ1) is 15.5. The predicted molar refractivity (Wildman–Crippen MR) is 132 cm³/mol. The first kappa shape index (κ1) is 23.9. The van der Waals surface area contributed by atoms with Gasteiger partial charge in [0, 0.05) is 30.0 Å². The monoisotopic (exact) mass is 468 g/mol. The molecule has 8 heteroatoms. The van der Waals surface area contributed by atoms with Crippen LogP contribution in [0.3, 0.4) is 0 Å². The second-order valence-corrected chi connectivity index (χ2v) is 9.44. The second-order valence-electron chi connectivity index (χ2n) is 7.41. The smallest absolute Gasteiger partial charge is 0.232 e. The van der Waals surface area contributed by atoms with Crippen molar-refractivity contribution in [3.05, 3.63) is 60.2 Å². The highest BCUT2D eigenvalue weighted by Gasteiger charge is 2.16. The number of rotatable bonds is 11. The largest absolute Gasteiger partial charge is 0.341 e. The fourth-order valence-electron chi connectivity index (χ4n) is 2.97. The molecule has 0 saturated heterocycles. The number of hydrogen-bond acceptors (Lipinski definition) is 6. The van der Waals surface area contributed by atoms with Gasteiger partial charge in [0.25, 0.3) is 0 Å². The van der Waals surface area contributed by atoms with Gasteiger partial charge >= 0.3 is 0 Å². The Bertz CT molecular complexity index is 1010. The van der Waals surface area contributed by atoms with E-state index in [4.69, 9.17) is 0 Å². The van der Waals surface area contributed by atoms with Crippen LogP contribution in [0.1, 0.15) is 31.7 Å². The van der Waals surface area contributed by atoms with Crippen molar-refractivity contribution >= 4 is 40.0 Å². The molecule has 0 saturated carbocycles. The third kappa shape index (κ3) is 7.46. The van der Waals surface area contributed by atoms with Gasteiger partial charge in [0.15, 0.2) is 0 Å². The average molecular weight is 469 g/mol. The highest BCUT2D eigenvalue weighted by Crippen LogP contribution is 2.26. The van der Waals surface area contributed by atoms with Crippen LogP contribution in [-0.4, -0.2) is 45.8 Å². The first-order valence-electron chi connectivity index (χ1n) is 10.7. The Morgan fingerprint density at radius 2 is 1.78 bits per heavy atom. The lowest BCUT2D eigenvalue weighted by atomic mass is 10.2. The van der Waals surface area contributed by atoms with Gasteiger partial charge in [-0.3, -0.25) is 9.59 Å². The fourth-order valence-corrected chi connectivity index (χ4v) is 4.56. The Balaban J connectivity index is 1.51. The summed E-state index contributed by atoms with van der Waals surface area (Å²) in [6.45, 7) is 5.18. The summed E-state index contributed by atoms with van der Waals surface area (Å²) in [6.07, 6.45) is 2.14. The Kier molecular flexibility index (Phi) is 9.25. The maximum atomic E-state index is 12.7. The number of aromatic nitrogens is 2. The minimum atomic E-state index is -0.165. The molecule has 1 heterocycles. The third-order valence-electron chi connectivity index (χ3n) is 4.82. The zero-order valence-electron chi connectivity index (χ0n) is 18.4. The highest BCUT2D eigenvalue weighted by atomic mass is 32.2. The van der Waals surface area contributed by atoms with Gasteiger partial charge in [-0.05, 0) is 25.5 Å². The van der Waals surface area contributed by atoms with Crippen LogP contribution in [-0.2, 0) is 9.59 Å². The van der Waals surface area contributed by atoms with E-state index in [0.717, 1.165) is 28.3 Å². The molecule has 0 aliphatic heterocycles. The maximum Gasteiger partial charge on any atom is 0.232 e. The zero-order chi connectivity index (χ0) is 22.8. The number of carbonyl (C=O) groups is 2. The van der Waals surface area contributed by atoms with E-state index < -0.39 is 0 Å². The lowest BCUT2D eigenvalue weighted by molar-refractivity contribution is -0.129. The number of anilines is 1. The number of carbonyl (C=O) groups excluding carboxylic acids is 2. The van der Waals surface area contributed by atoms with Gasteiger partial charge in [-0.2, -0.15) is 0 Å². The molecule has 1 N–H and O–H groups in total. The van der Waals surface area contributed by atoms with E-state index in [1.54, 1.807) is 4.90 Å². The van der Waals surface area contributed by atoms with E-state index in [1.165, 1.54) is 28.7 Å². The van der Waals surface area contributed by atoms with Gasteiger partial charge in [0.1, 0.15) is 5.01 Å². The predicted octanol–water partition coefficient (Wildman–Crippen LogP) is 5.26. The van der Waals surface area contributed by atoms with Crippen molar-refractivity contribution in [1.82, 2.24) is 15.1 Å². The summed E-state index contributed by atoms with van der Waals surface area (Å²) < 4.78 is 0. The van der Waals surface area contributed by atoms with Crippen LogP contribution in [0.15, 0.2) is 59.5 Å². The molecule has 0 aliphatic rings. The van der Waals surface area contributed by atoms with Gasteiger partial charge < -0.3 is 10.2 Å². The summed E-state index contributed by atoms with van der Waals surface area (Å²) in [7, 11) is 0. The van der Waals surface area contributed by atoms with Crippen LogP contribution in [0.5, 0.6) is 0 Å². The number of amides is 2. The number of hydrogen-bond donors (Lipinski definition) is 1. The van der Waals surface area contributed by atoms with E-state index >= 15 is 0 Å². The van der Waals surface area contributed by atoms with Crippen molar-refractivity contribution < 1.29 is 9.59 Å². The Morgan fingerprint density at radius 3 is 2.50 bits per heavy atom. The molecular weight excluding hydrogens is 440 g/mol. The van der Waals surface area contributed by atoms with Crippen molar-refractivity contribution in [2.75, 3.05) is 24.2 Å². The lowest BCUT2D eigenvalue weighted by Crippen LogP contribution is -2.35. The maximum absolute atomic E-state index is 12.7. The van der Waals surface area contributed by atoms with E-state index in [1.807, 2.05) is 61.5 Å². The molecule has 0 radical (unpaired) electrons. The summed E-state index contributed by atoms with van der Waals surface area (Å²) in [5, 5.41) is 12.3. The molecular formula is C24H28N4O2S2. The van der Waals surface area contributed by atoms with Crippen LogP contribution >= 0.6 is 23.1 Å². The standard InChI is InChI=1S/C24H28N4O2S2/c1-3-4-15-28(22(30)17-31-20-8-6-5-7-9-20)16-14-21(29)25-24-27-26-23(32-24)19-12-10-18(2)11-13-19/h5-13H,3-4,14-17H2,1-2H3,(H,25,27,29). The molecule has 2 amide bonds. The van der Waals surface area contributed by atoms with Crippen molar-refractivity contribution in [3.8, 4) is 10.6 Å². The lowest BCUT2D eigenvalue weighted by Gasteiger charge is -2.22. The Hall–Kier alpha value is -2.71. The Morgan fingerprint density at radius 1 is 1.03 bits per heavy atom. The third-order valence-corrected chi connectivity index (χ3v) is 6.70. The molecule has 168 valence electrons. The summed E-state index contributed by atoms with van der Waals surface area (Å²) in [5.41, 5.74) is 2.15. The molecule has 2 aromatic carbocycles. The second kappa shape index (κ2) is 12.4. The zero-order valence-corrected chi connectivity index (χ0v) is 20.0. The van der Waals surface area contributed by atoms with Crippen LogP contribution in [0, 0.1) is 6.92 Å². The number of aryl methyl sites for hydroxylation is 1. The topological polar surface area (TPSA) is 75.2 Å². The van der Waals surface area contributed by atoms with Crippen molar-refractivity contribution in [1.29, 1.82) is 0 Å². The minimum absolute atomic E-state index is 0.0534. The number of benzene rings is 2. The highest BCUT2D eigenvalue weighted by molar-refractivity contribution is 8.00. The molecule has 6 nitrogen and oxygen atoms in total. The van der Waals surface area contributed by atoms with E-state index in [9.17, 15) is 9.59 Å². The number of nitrogens with zero attached hydrogens (tertiary/aromatic N) is 3. The van der Waals surface area contributed by atoms with Crippen LogP contribution in [0.4, 0.5) is 5.13 Å². The van der Waals surface area contributed by atoms with E-state index in [2.05, 4.69) is 22.4 Å². The van der Waals surface area contributed by atoms with Crippen molar-refractivity contribution in [3.63, 3.8) is 0 Å². The quantitative estimate of drug-likeness (QED) is 0.388. The van der Waals surface area contributed by atoms with Crippen LogP contribution < -0.4 is 5.32 Å². The number of nitrogens with one attached hydrogen (secondary N) is 1. The Labute approximate surface area is 197 Å². The molecule has 0 bridgehead atoms. The normalized spacial score (nSPS) is 10.7. The molecule has 32 heavy (non-hydrogen) atoms. The summed E-state index contributed by atoms with van der Waals surface area (Å²) in [5.74, 6) is 0.255. The molecule has 3 rings (SSSR count). The van der Waals surface area contributed by atoms with Crippen molar-refractivity contribution in [2.24, 2.45) is 0 Å². The molecule has 0 spiro atoms. The van der Waals surface area contributed by atoms with Gasteiger partial charge in [-0.25, -0.2) is 0 Å². The molecule has 3 aromatic rings. The summed E-state index contributed by atoms with van der Waals surface area (Å²) >= 11 is 2.86. The number of unbranched alkanes of at least 4 members (excludes halogenated alkanes) is 1. The number of thioether (sulfide) groups is 1. The summed E-state index contributed by atoms with van der Waals surface area (Å²) in [4.78, 5) is 28.1. The first-order valence-corrected chi connectivity index (χ1v) is 12.5. The average Bonchev–Trinajstić information content (AvgIpc) is 3.27. The molecule has 0 fully saturated rings. The van der Waals surface area contributed by atoms with E-state index in [0.29, 0.717) is 24.0 Å². The fraction of sp³-hybridized carbons (Fsp3) is 0.333. The summed E-state index contributed by atoms with van der Waals surface area (Å²) in [6, 6.07) is 17.9. The molecule has 0 atom stereocenters. The molecule has 0 aliphatic carbocycles. The van der Waals surface area contributed by atoms with E-state index in [-0.39, 0.29) is 18.2 Å².